The van der Waals surface area contributed by atoms with Crippen molar-refractivity contribution in [2.24, 2.45) is 0 Å². The van der Waals surface area contributed by atoms with Crippen molar-refractivity contribution in [2.45, 2.75) is 133 Å². The fourth-order valence-electron chi connectivity index (χ4n) is 7.70. The molecule has 21 heteroatoms. The highest BCUT2D eigenvalue weighted by Crippen LogP contribution is 2.26. The molecule has 56 heavy (non-hydrogen) atoms. The van der Waals surface area contributed by atoms with E-state index in [1.54, 1.807) is 0 Å². The van der Waals surface area contributed by atoms with Crippen LogP contribution < -0.4 is 26.6 Å². The molecule has 4 rings (SSSR count). The molecule has 0 saturated carbocycles. The lowest BCUT2D eigenvalue weighted by molar-refractivity contribution is -0.153. The molecule has 0 aromatic rings. The first-order valence-corrected chi connectivity index (χ1v) is 19.1. The van der Waals surface area contributed by atoms with Crippen LogP contribution in [-0.4, -0.2) is 176 Å². The molecule has 4 heterocycles. The third kappa shape index (κ3) is 10.9. The third-order valence-corrected chi connectivity index (χ3v) is 10.7. The second-order valence-electron chi connectivity index (χ2n) is 14.8. The summed E-state index contributed by atoms with van der Waals surface area (Å²) in [6.45, 7) is 3.11. The number of hydrogen-bond donors (Lipinski definition) is 9. The van der Waals surface area contributed by atoms with E-state index in [-0.39, 0.29) is 37.9 Å². The zero-order chi connectivity index (χ0) is 41.3. The smallest absolute Gasteiger partial charge is 0.326 e. The number of carbonyl (C=O) groups is 9. The maximum atomic E-state index is 13.8. The number of likely N-dealkylation sites (tertiary alicyclic amines) is 3. The van der Waals surface area contributed by atoms with Crippen molar-refractivity contribution < 1.29 is 63.6 Å². The lowest BCUT2D eigenvalue weighted by atomic mass is 10.1. The van der Waals surface area contributed by atoms with Gasteiger partial charge in [0.2, 0.25) is 41.4 Å². The predicted octanol–water partition coefficient (Wildman–Crippen LogP) is -4.01. The quantitative estimate of drug-likeness (QED) is 0.0678. The number of rotatable bonds is 17. The van der Waals surface area contributed by atoms with E-state index < -0.39 is 115 Å². The molecule has 21 nitrogen and oxygen atoms in total. The summed E-state index contributed by atoms with van der Waals surface area (Å²) in [6.07, 6.45) is -0.397. The van der Waals surface area contributed by atoms with Crippen LogP contribution in [-0.2, 0) is 43.2 Å². The van der Waals surface area contributed by atoms with E-state index in [2.05, 4.69) is 26.6 Å². The molecule has 0 unspecified atom stereocenters. The lowest BCUT2D eigenvalue weighted by Gasteiger charge is -2.33. The fourth-order valence-corrected chi connectivity index (χ4v) is 7.70. The molecule has 7 amide bonds. The van der Waals surface area contributed by atoms with Gasteiger partial charge in [0, 0.05) is 26.1 Å². The Morgan fingerprint density at radius 1 is 0.679 bits per heavy atom. The first-order valence-electron chi connectivity index (χ1n) is 19.1. The van der Waals surface area contributed by atoms with Crippen molar-refractivity contribution in [2.75, 3.05) is 32.7 Å². The van der Waals surface area contributed by atoms with Gasteiger partial charge in [0.1, 0.15) is 36.3 Å². The molecule has 9 atom stereocenters. The van der Waals surface area contributed by atoms with Crippen LogP contribution in [0.1, 0.15) is 78.1 Å². The van der Waals surface area contributed by atoms with Gasteiger partial charge in [-0.25, -0.2) is 4.79 Å². The normalized spacial score (nSPS) is 24.8. The number of nitrogens with one attached hydrogen (secondary N) is 5. The molecular formula is C35H54N8O13. The molecule has 312 valence electrons. The van der Waals surface area contributed by atoms with Crippen LogP contribution in [0.4, 0.5) is 0 Å². The van der Waals surface area contributed by atoms with Crippen molar-refractivity contribution in [3.8, 4) is 0 Å². The van der Waals surface area contributed by atoms with Gasteiger partial charge >= 0.3 is 11.9 Å². The minimum absolute atomic E-state index is 0.0737. The Labute approximate surface area is 323 Å². The van der Waals surface area contributed by atoms with Crippen LogP contribution in [0.5, 0.6) is 0 Å². The number of amides is 7. The van der Waals surface area contributed by atoms with Crippen molar-refractivity contribution in [3.63, 3.8) is 0 Å². The number of nitrogens with zero attached hydrogens (tertiary/aromatic N) is 3. The van der Waals surface area contributed by atoms with E-state index in [9.17, 15) is 63.6 Å². The Bertz CT molecular complexity index is 1520. The molecular weight excluding hydrogens is 740 g/mol. The highest BCUT2D eigenvalue weighted by molar-refractivity contribution is 5.97. The van der Waals surface area contributed by atoms with E-state index in [4.69, 9.17) is 0 Å². The number of carboxylic acid groups (broad SMARTS) is 2. The highest BCUT2D eigenvalue weighted by Gasteiger charge is 2.45. The van der Waals surface area contributed by atoms with Gasteiger partial charge in [-0.3, -0.25) is 38.4 Å². The summed E-state index contributed by atoms with van der Waals surface area (Å²) in [5.74, 6) is -7.77. The lowest BCUT2D eigenvalue weighted by Crippen LogP contribution is -2.62. The van der Waals surface area contributed by atoms with Crippen LogP contribution >= 0.6 is 0 Å². The summed E-state index contributed by atoms with van der Waals surface area (Å²) in [6, 6.07) is -8.25. The average Bonchev–Trinajstić information content (AvgIpc) is 3.99. The van der Waals surface area contributed by atoms with Crippen LogP contribution in [0.3, 0.4) is 0 Å². The number of carbonyl (C=O) groups excluding carboxylic acids is 7. The fraction of sp³-hybridized carbons (Fsp3) is 0.743. The van der Waals surface area contributed by atoms with Gasteiger partial charge < -0.3 is 61.7 Å². The number of aliphatic carboxylic acids is 2. The van der Waals surface area contributed by atoms with Crippen LogP contribution in [0.2, 0.25) is 0 Å². The van der Waals surface area contributed by atoms with Gasteiger partial charge in [-0.05, 0) is 78.2 Å². The Balaban J connectivity index is 1.38. The number of aliphatic hydroxyl groups excluding tert-OH is 2. The Kier molecular flexibility index (Phi) is 15.5. The molecule has 0 aliphatic carbocycles. The first kappa shape index (κ1) is 43.8. The maximum absolute atomic E-state index is 13.8. The van der Waals surface area contributed by atoms with E-state index in [1.165, 1.54) is 23.6 Å². The molecule has 9 N–H and O–H groups in total. The third-order valence-electron chi connectivity index (χ3n) is 10.7. The monoisotopic (exact) mass is 794 g/mol. The molecule has 0 radical (unpaired) electrons. The molecule has 4 aliphatic rings. The summed E-state index contributed by atoms with van der Waals surface area (Å²) in [7, 11) is 0. The van der Waals surface area contributed by atoms with Crippen molar-refractivity contribution in [1.82, 2.24) is 41.3 Å². The highest BCUT2D eigenvalue weighted by atomic mass is 16.4. The topological polar surface area (TPSA) is 304 Å². The largest absolute Gasteiger partial charge is 0.481 e. The molecule has 4 fully saturated rings. The summed E-state index contributed by atoms with van der Waals surface area (Å²) in [4.78, 5) is 120. The van der Waals surface area contributed by atoms with Gasteiger partial charge in [0.05, 0.1) is 24.8 Å². The van der Waals surface area contributed by atoms with Gasteiger partial charge in [-0.1, -0.05) is 0 Å². The van der Waals surface area contributed by atoms with Gasteiger partial charge in [0.15, 0.2) is 0 Å². The zero-order valence-corrected chi connectivity index (χ0v) is 31.6. The standard InChI is InChI=1S/C35H54N8O13/c1-18(44)27(39-25(46)17-37-30(50)22-8-4-14-41(22)32(52)21-7-3-13-36-21)31(51)38-20(11-12-26(47)48)29(49)40-28(19(2)45)34(54)42-15-5-9-23(42)33(53)43-16-6-10-24(43)35(55)56/h18-24,27-28,36,44-45H,3-17H2,1-2H3,(H,37,50)(H,38,51)(H,39,46)(H,40,49)(H,47,48)(H,55,56)/t18-,19-,20+,21+,22+,23+,24+,27+,28+/m1/s1. The van der Waals surface area contributed by atoms with Crippen molar-refractivity contribution in [1.29, 1.82) is 0 Å². The Hall–Kier alpha value is -4.89. The van der Waals surface area contributed by atoms with Gasteiger partial charge in [0.25, 0.3) is 0 Å². The number of aliphatic hydroxyl groups is 2. The summed E-state index contributed by atoms with van der Waals surface area (Å²) in [5.41, 5.74) is 0. The van der Waals surface area contributed by atoms with E-state index in [0.717, 1.165) is 11.3 Å². The van der Waals surface area contributed by atoms with Crippen LogP contribution in [0.25, 0.3) is 0 Å². The molecule has 0 aromatic heterocycles. The number of carboxylic acids is 2. The zero-order valence-electron chi connectivity index (χ0n) is 31.6. The van der Waals surface area contributed by atoms with Crippen molar-refractivity contribution in [3.05, 3.63) is 0 Å². The van der Waals surface area contributed by atoms with Crippen LogP contribution in [0.15, 0.2) is 0 Å². The molecule has 0 spiro atoms. The molecule has 0 aromatic carbocycles. The van der Waals surface area contributed by atoms with Crippen LogP contribution in [0, 0.1) is 0 Å². The number of hydrogen-bond acceptors (Lipinski definition) is 12. The predicted molar refractivity (Wildman–Crippen MR) is 192 cm³/mol. The summed E-state index contributed by atoms with van der Waals surface area (Å²) in [5, 5.41) is 52.4. The Morgan fingerprint density at radius 2 is 1.27 bits per heavy atom. The van der Waals surface area contributed by atoms with Gasteiger partial charge in [-0.15, -0.1) is 0 Å². The minimum atomic E-state index is -1.69. The SMILES string of the molecule is C[C@@H](O)[C@H](NC(=O)CNC(=O)[C@@H]1CCCN1C(=O)[C@@H]1CCCN1)C(=O)N[C@@H](CCC(=O)O)C(=O)N[C@H](C(=O)N1CCC[C@H]1C(=O)N1CCC[C@H]1C(=O)O)[C@@H](C)O. The molecule has 4 saturated heterocycles. The van der Waals surface area contributed by atoms with E-state index >= 15 is 0 Å². The molecule has 0 bridgehead atoms. The van der Waals surface area contributed by atoms with E-state index in [1.807, 2.05) is 0 Å². The van der Waals surface area contributed by atoms with E-state index in [0.29, 0.717) is 45.2 Å². The molecule has 4 aliphatic heterocycles. The summed E-state index contributed by atoms with van der Waals surface area (Å²) < 4.78 is 0. The Morgan fingerprint density at radius 3 is 1.84 bits per heavy atom. The summed E-state index contributed by atoms with van der Waals surface area (Å²) >= 11 is 0. The first-order chi connectivity index (χ1) is 26.5. The minimum Gasteiger partial charge on any atom is -0.481 e. The second-order valence-corrected chi connectivity index (χ2v) is 14.8. The maximum Gasteiger partial charge on any atom is 0.326 e. The van der Waals surface area contributed by atoms with Crippen molar-refractivity contribution >= 4 is 53.3 Å². The van der Waals surface area contributed by atoms with Gasteiger partial charge in [-0.2, -0.15) is 0 Å². The second kappa shape index (κ2) is 19.8. The average molecular weight is 795 g/mol.